The van der Waals surface area contributed by atoms with Crippen LogP contribution in [-0.4, -0.2) is 33.0 Å². The molecular formula is C17H23ClN6O2. The molecule has 0 fully saturated rings. The number of hydrogen-bond acceptors (Lipinski definition) is 7. The van der Waals surface area contributed by atoms with Gasteiger partial charge in [0.25, 0.3) is 0 Å². The lowest BCUT2D eigenvalue weighted by molar-refractivity contribution is -0.383. The molecule has 26 heavy (non-hydrogen) atoms. The highest BCUT2D eigenvalue weighted by Crippen LogP contribution is 2.34. The number of nitro groups is 1. The highest BCUT2D eigenvalue weighted by Gasteiger charge is 2.28. The second-order valence-electron chi connectivity index (χ2n) is 6.83. The maximum atomic E-state index is 11.8. The normalized spacial score (nSPS) is 11.0. The van der Waals surface area contributed by atoms with Gasteiger partial charge in [-0.15, -0.1) is 0 Å². The molecule has 0 saturated carbocycles. The van der Waals surface area contributed by atoms with E-state index in [1.807, 2.05) is 4.90 Å². The monoisotopic (exact) mass is 378 g/mol. The number of rotatable bonds is 8. The highest BCUT2D eigenvalue weighted by atomic mass is 35.5. The summed E-state index contributed by atoms with van der Waals surface area (Å²) < 4.78 is 0. The summed E-state index contributed by atoms with van der Waals surface area (Å²) >= 11 is 5.83. The fraction of sp³-hybridized carbons (Fsp3) is 0.471. The van der Waals surface area contributed by atoms with Crippen LogP contribution in [0.1, 0.15) is 27.7 Å². The second kappa shape index (κ2) is 8.75. The Morgan fingerprint density at radius 1 is 1.15 bits per heavy atom. The Hall–Kier alpha value is -2.48. The van der Waals surface area contributed by atoms with E-state index in [0.717, 1.165) is 0 Å². The minimum absolute atomic E-state index is 0.104. The standard InChI is InChI=1S/C17H23ClN6O2/c1-11(2)8-23(9-12(3)4)17-15(24(25)26)16(20-10-21-17)22-14-6-5-13(18)7-19-14/h5-7,10-12H,8-9H2,1-4H3,(H,19,20,21,22). The number of halogens is 1. The fourth-order valence-electron chi connectivity index (χ4n) is 2.56. The van der Waals surface area contributed by atoms with Gasteiger partial charge < -0.3 is 10.2 Å². The van der Waals surface area contributed by atoms with Crippen LogP contribution >= 0.6 is 11.6 Å². The smallest absolute Gasteiger partial charge is 0.350 e. The van der Waals surface area contributed by atoms with Crippen molar-refractivity contribution in [2.45, 2.75) is 27.7 Å². The third-order valence-electron chi connectivity index (χ3n) is 3.43. The zero-order valence-corrected chi connectivity index (χ0v) is 16.1. The molecule has 0 radical (unpaired) electrons. The number of anilines is 3. The van der Waals surface area contributed by atoms with Gasteiger partial charge in [0.05, 0.1) is 9.95 Å². The Balaban J connectivity index is 2.45. The van der Waals surface area contributed by atoms with Crippen molar-refractivity contribution in [1.29, 1.82) is 0 Å². The summed E-state index contributed by atoms with van der Waals surface area (Å²) in [5, 5.41) is 15.2. The summed E-state index contributed by atoms with van der Waals surface area (Å²) in [7, 11) is 0. The summed E-state index contributed by atoms with van der Waals surface area (Å²) in [6, 6.07) is 3.28. The average Bonchev–Trinajstić information content (AvgIpc) is 2.55. The Kier molecular flexibility index (Phi) is 6.68. The van der Waals surface area contributed by atoms with Crippen molar-refractivity contribution in [3.63, 3.8) is 0 Å². The van der Waals surface area contributed by atoms with Gasteiger partial charge in [-0.1, -0.05) is 39.3 Å². The van der Waals surface area contributed by atoms with Gasteiger partial charge in [0.15, 0.2) is 0 Å². The Morgan fingerprint density at radius 3 is 2.31 bits per heavy atom. The van der Waals surface area contributed by atoms with Crippen molar-refractivity contribution in [3.05, 3.63) is 39.8 Å². The minimum atomic E-state index is -0.457. The first-order valence-electron chi connectivity index (χ1n) is 8.40. The number of pyridine rings is 1. The van der Waals surface area contributed by atoms with E-state index >= 15 is 0 Å². The van der Waals surface area contributed by atoms with E-state index < -0.39 is 4.92 Å². The van der Waals surface area contributed by atoms with Gasteiger partial charge >= 0.3 is 5.69 Å². The third-order valence-corrected chi connectivity index (χ3v) is 3.65. The molecule has 0 aromatic carbocycles. The lowest BCUT2D eigenvalue weighted by Crippen LogP contribution is -2.32. The first-order valence-corrected chi connectivity index (χ1v) is 8.78. The van der Waals surface area contributed by atoms with Crippen LogP contribution in [0.3, 0.4) is 0 Å². The molecule has 0 bridgehead atoms. The van der Waals surface area contributed by atoms with Crippen LogP contribution in [-0.2, 0) is 0 Å². The fourth-order valence-corrected chi connectivity index (χ4v) is 2.67. The van der Waals surface area contributed by atoms with E-state index in [1.165, 1.54) is 12.5 Å². The number of nitrogens with one attached hydrogen (secondary N) is 1. The van der Waals surface area contributed by atoms with Crippen molar-refractivity contribution in [3.8, 4) is 0 Å². The van der Waals surface area contributed by atoms with Crippen LogP contribution < -0.4 is 10.2 Å². The summed E-state index contributed by atoms with van der Waals surface area (Å²) in [6.07, 6.45) is 2.79. The SMILES string of the molecule is CC(C)CN(CC(C)C)c1ncnc(Nc2ccc(Cl)cn2)c1[N+](=O)[O-]. The first-order chi connectivity index (χ1) is 12.3. The van der Waals surface area contributed by atoms with Crippen molar-refractivity contribution < 1.29 is 4.92 Å². The van der Waals surface area contributed by atoms with Crippen LogP contribution in [0.5, 0.6) is 0 Å². The van der Waals surface area contributed by atoms with Crippen molar-refractivity contribution >= 4 is 34.7 Å². The summed E-state index contributed by atoms with van der Waals surface area (Å²) in [6.45, 7) is 9.59. The van der Waals surface area contributed by atoms with Gasteiger partial charge in [0.1, 0.15) is 12.1 Å². The molecule has 2 rings (SSSR count). The zero-order chi connectivity index (χ0) is 19.3. The summed E-state index contributed by atoms with van der Waals surface area (Å²) in [5.74, 6) is 1.49. The Labute approximate surface area is 157 Å². The molecule has 8 nitrogen and oxygen atoms in total. The highest BCUT2D eigenvalue weighted by molar-refractivity contribution is 6.30. The maximum absolute atomic E-state index is 11.8. The second-order valence-corrected chi connectivity index (χ2v) is 7.27. The average molecular weight is 379 g/mol. The molecular weight excluding hydrogens is 356 g/mol. The van der Waals surface area contributed by atoms with E-state index in [2.05, 4.69) is 48.0 Å². The summed E-state index contributed by atoms with van der Waals surface area (Å²) in [5.41, 5.74) is -0.162. The molecule has 2 aromatic rings. The predicted molar refractivity (Wildman–Crippen MR) is 103 cm³/mol. The van der Waals surface area contributed by atoms with Gasteiger partial charge in [0.2, 0.25) is 11.6 Å². The van der Waals surface area contributed by atoms with Crippen molar-refractivity contribution in [1.82, 2.24) is 15.0 Å². The van der Waals surface area contributed by atoms with E-state index in [1.54, 1.807) is 12.1 Å². The van der Waals surface area contributed by atoms with Crippen molar-refractivity contribution in [2.75, 3.05) is 23.3 Å². The van der Waals surface area contributed by atoms with Crippen LogP contribution in [0.4, 0.5) is 23.1 Å². The molecule has 2 heterocycles. The molecule has 1 N–H and O–H groups in total. The number of aromatic nitrogens is 3. The van der Waals surface area contributed by atoms with E-state index in [-0.39, 0.29) is 11.5 Å². The first kappa shape index (κ1) is 19.8. The molecule has 9 heteroatoms. The Morgan fingerprint density at radius 2 is 1.81 bits per heavy atom. The molecule has 0 aliphatic carbocycles. The lowest BCUT2D eigenvalue weighted by atomic mass is 10.1. The molecule has 0 atom stereocenters. The van der Waals surface area contributed by atoms with Crippen molar-refractivity contribution in [2.24, 2.45) is 11.8 Å². The molecule has 0 unspecified atom stereocenters. The van der Waals surface area contributed by atoms with Gasteiger partial charge in [-0.2, -0.15) is 0 Å². The van der Waals surface area contributed by atoms with Crippen LogP contribution in [0.25, 0.3) is 0 Å². The van der Waals surface area contributed by atoms with E-state index in [9.17, 15) is 10.1 Å². The molecule has 0 amide bonds. The topological polar surface area (TPSA) is 97.1 Å². The number of nitrogens with zero attached hydrogens (tertiary/aromatic N) is 5. The van der Waals surface area contributed by atoms with E-state index in [4.69, 9.17) is 11.6 Å². The van der Waals surface area contributed by atoms with E-state index in [0.29, 0.717) is 41.6 Å². The lowest BCUT2D eigenvalue weighted by Gasteiger charge is -2.27. The predicted octanol–water partition coefficient (Wildman–Crippen LogP) is 4.30. The van der Waals surface area contributed by atoms with Gasteiger partial charge in [-0.05, 0) is 24.0 Å². The Bertz CT molecular complexity index is 741. The van der Waals surface area contributed by atoms with Crippen LogP contribution in [0, 0.1) is 22.0 Å². The number of hydrogen-bond donors (Lipinski definition) is 1. The quantitative estimate of drug-likeness (QED) is 0.540. The molecule has 140 valence electrons. The minimum Gasteiger partial charge on any atom is -0.350 e. The maximum Gasteiger partial charge on any atom is 0.353 e. The summed E-state index contributed by atoms with van der Waals surface area (Å²) in [4.78, 5) is 25.6. The van der Waals surface area contributed by atoms with Gasteiger partial charge in [-0.25, -0.2) is 15.0 Å². The molecule has 0 aliphatic rings. The molecule has 0 saturated heterocycles. The molecule has 0 aliphatic heterocycles. The van der Waals surface area contributed by atoms with Gasteiger partial charge in [-0.3, -0.25) is 10.1 Å². The van der Waals surface area contributed by atoms with Gasteiger partial charge in [0, 0.05) is 19.3 Å². The molecule has 0 spiro atoms. The zero-order valence-electron chi connectivity index (χ0n) is 15.3. The van der Waals surface area contributed by atoms with Crippen LogP contribution in [0.2, 0.25) is 5.02 Å². The molecule has 2 aromatic heterocycles. The largest absolute Gasteiger partial charge is 0.353 e. The third kappa shape index (κ3) is 5.26. The van der Waals surface area contributed by atoms with Crippen LogP contribution in [0.15, 0.2) is 24.7 Å².